The van der Waals surface area contributed by atoms with Crippen LogP contribution in [0.1, 0.15) is 110 Å². The number of hydrogen-bond donors (Lipinski definition) is 1. The van der Waals surface area contributed by atoms with E-state index in [0.29, 0.717) is 25.4 Å². The Hall–Kier alpha value is -0.350. The fraction of sp³-hybridized carbons (Fsp3) is 0.966. The van der Waals surface area contributed by atoms with Crippen molar-refractivity contribution in [1.82, 2.24) is 4.90 Å². The Morgan fingerprint density at radius 1 is 0.925 bits per heavy atom. The number of phosphoric acid groups is 1. The minimum Gasteiger partial charge on any atom is -0.804 e. The molecule has 1 heterocycles. The molecule has 3 atom stereocenters. The van der Waals surface area contributed by atoms with Gasteiger partial charge in [-0.1, -0.05) is 103 Å². The largest absolute Gasteiger partial charge is 0.804 e. The lowest BCUT2D eigenvalue weighted by molar-refractivity contribution is -0.969. The van der Waals surface area contributed by atoms with Crippen LogP contribution in [0.5, 0.6) is 0 Å². The maximum atomic E-state index is 12.5. The molecule has 0 aromatic carbocycles. The molecule has 9 nitrogen and oxygen atoms in total. The second-order valence-corrected chi connectivity index (χ2v) is 14.8. The highest BCUT2D eigenvalue weighted by atomic mass is 32.2. The van der Waals surface area contributed by atoms with Gasteiger partial charge in [0.2, 0.25) is 0 Å². The number of rotatable bonds is 24. The van der Waals surface area contributed by atoms with Crippen LogP contribution in [0.25, 0.3) is 0 Å². The van der Waals surface area contributed by atoms with Crippen LogP contribution in [0.3, 0.4) is 0 Å². The summed E-state index contributed by atoms with van der Waals surface area (Å²) in [5, 5.41) is 11.8. The zero-order chi connectivity index (χ0) is 29.7. The van der Waals surface area contributed by atoms with Crippen molar-refractivity contribution in [2.45, 2.75) is 121 Å². The standard InChI is InChI=1S/C29H59N2O7PS/c1-5-6-7-8-9-10-11-12-13-14-15-16-17-18-19-20-22-36-29(33)30-21-23-40-27(24-30)25-37-39(34,35)38-26-28(32)31(2,3)4/h27-28H,5-26H2,1-4H3,(H,34,35). The van der Waals surface area contributed by atoms with Crippen LogP contribution in [0, 0.1) is 0 Å². The molecule has 238 valence electrons. The summed E-state index contributed by atoms with van der Waals surface area (Å²) in [5.74, 6) is 0.697. The minimum absolute atomic E-state index is 0.0464. The lowest BCUT2D eigenvalue weighted by Crippen LogP contribution is -2.55. The third-order valence-electron chi connectivity index (χ3n) is 7.29. The lowest BCUT2D eigenvalue weighted by Gasteiger charge is -2.38. The molecular weight excluding hydrogens is 551 g/mol. The highest BCUT2D eigenvalue weighted by Crippen LogP contribution is 2.44. The maximum Gasteiger partial charge on any atom is 0.472 e. The van der Waals surface area contributed by atoms with Crippen molar-refractivity contribution in [3.8, 4) is 0 Å². The molecule has 40 heavy (non-hydrogen) atoms. The van der Waals surface area contributed by atoms with Crippen LogP contribution < -0.4 is 5.11 Å². The molecular formula is C29H59N2O7PS. The fourth-order valence-electron chi connectivity index (χ4n) is 4.48. The Morgan fingerprint density at radius 2 is 1.43 bits per heavy atom. The third kappa shape index (κ3) is 19.7. The minimum atomic E-state index is -4.33. The number of hydrogen-bond acceptors (Lipinski definition) is 7. The molecule has 0 aromatic rings. The van der Waals surface area contributed by atoms with Crippen LogP contribution in [0.15, 0.2) is 0 Å². The quantitative estimate of drug-likeness (QED) is 0.0585. The number of nitrogens with zero attached hydrogens (tertiary/aromatic N) is 2. The first kappa shape index (κ1) is 37.7. The fourth-order valence-corrected chi connectivity index (χ4v) is 6.45. The van der Waals surface area contributed by atoms with Crippen LogP contribution >= 0.6 is 19.6 Å². The second-order valence-electron chi connectivity index (χ2n) is 12.0. The van der Waals surface area contributed by atoms with Crippen LogP contribution in [0.2, 0.25) is 0 Å². The van der Waals surface area contributed by atoms with Crippen molar-refractivity contribution in [2.75, 3.05) is 59.8 Å². The molecule has 1 rings (SSSR count). The first-order chi connectivity index (χ1) is 19.0. The summed E-state index contributed by atoms with van der Waals surface area (Å²) in [6.07, 6.45) is 19.3. The normalized spacial score (nSPS) is 18.4. The number of quaternary nitrogens is 1. The van der Waals surface area contributed by atoms with Gasteiger partial charge in [-0.25, -0.2) is 9.36 Å². The molecule has 0 radical (unpaired) electrons. The van der Waals surface area contributed by atoms with E-state index in [4.69, 9.17) is 13.8 Å². The number of unbranched alkanes of at least 4 members (excludes halogenated alkanes) is 15. The predicted octanol–water partition coefficient (Wildman–Crippen LogP) is 6.33. The van der Waals surface area contributed by atoms with E-state index < -0.39 is 20.7 Å². The molecule has 0 saturated carbocycles. The number of carbonyl (C=O) groups excluding carboxylic acids is 1. The first-order valence-corrected chi connectivity index (χ1v) is 18.2. The molecule has 3 unspecified atom stereocenters. The van der Waals surface area contributed by atoms with E-state index in [1.807, 2.05) is 0 Å². The number of ether oxygens (including phenoxy) is 1. The van der Waals surface area contributed by atoms with E-state index in [1.165, 1.54) is 89.9 Å². The van der Waals surface area contributed by atoms with E-state index in [9.17, 15) is 19.4 Å². The lowest BCUT2D eigenvalue weighted by atomic mass is 10.0. The molecule has 1 aliphatic heterocycles. The highest BCUT2D eigenvalue weighted by molar-refractivity contribution is 8.00. The van der Waals surface area contributed by atoms with Crippen LogP contribution in [-0.2, 0) is 18.3 Å². The summed E-state index contributed by atoms with van der Waals surface area (Å²) in [7, 11) is 0.742. The van der Waals surface area contributed by atoms with Gasteiger partial charge < -0.3 is 24.1 Å². The Labute approximate surface area is 248 Å². The number of carbonyl (C=O) groups is 1. The summed E-state index contributed by atoms with van der Waals surface area (Å²) in [6, 6.07) is 0. The smallest absolute Gasteiger partial charge is 0.472 e. The second kappa shape index (κ2) is 22.2. The molecule has 0 spiro atoms. The molecule has 1 amide bonds. The van der Waals surface area contributed by atoms with Crippen molar-refractivity contribution < 1.29 is 37.6 Å². The van der Waals surface area contributed by atoms with Crippen LogP contribution in [0.4, 0.5) is 4.79 Å². The van der Waals surface area contributed by atoms with Crippen LogP contribution in [-0.4, -0.2) is 91.7 Å². The topological polar surface area (TPSA) is 108 Å². The van der Waals surface area contributed by atoms with Gasteiger partial charge in [0.1, 0.15) is 0 Å². The summed E-state index contributed by atoms with van der Waals surface area (Å²) in [4.78, 5) is 24.0. The number of likely N-dealkylation sites (N-methyl/N-ethyl adjacent to an activating group) is 1. The van der Waals surface area contributed by atoms with Crippen molar-refractivity contribution >= 4 is 25.7 Å². The van der Waals surface area contributed by atoms with Gasteiger partial charge in [-0.05, 0) is 6.42 Å². The molecule has 1 fully saturated rings. The van der Waals surface area contributed by atoms with Crippen molar-refractivity contribution in [2.24, 2.45) is 0 Å². The van der Waals surface area contributed by atoms with E-state index in [2.05, 4.69) is 6.92 Å². The molecule has 0 aromatic heterocycles. The Morgan fingerprint density at radius 3 is 1.93 bits per heavy atom. The van der Waals surface area contributed by atoms with Gasteiger partial charge in [-0.3, -0.25) is 9.05 Å². The predicted molar refractivity (Wildman–Crippen MR) is 162 cm³/mol. The number of phosphoric ester groups is 1. The van der Waals surface area contributed by atoms with E-state index in [-0.39, 0.29) is 22.4 Å². The number of amides is 1. The van der Waals surface area contributed by atoms with Gasteiger partial charge in [-0.15, -0.1) is 0 Å². The average Bonchev–Trinajstić information content (AvgIpc) is 2.92. The maximum absolute atomic E-state index is 12.5. The van der Waals surface area contributed by atoms with Gasteiger partial charge in [-0.2, -0.15) is 11.8 Å². The van der Waals surface area contributed by atoms with Gasteiger partial charge >= 0.3 is 13.9 Å². The monoisotopic (exact) mass is 610 g/mol. The summed E-state index contributed by atoms with van der Waals surface area (Å²) < 4.78 is 27.6. The van der Waals surface area contributed by atoms with Gasteiger partial charge in [0.15, 0.2) is 0 Å². The van der Waals surface area contributed by atoms with Crippen molar-refractivity contribution in [3.63, 3.8) is 0 Å². The molecule has 0 aliphatic carbocycles. The zero-order valence-electron chi connectivity index (χ0n) is 25.9. The Kier molecular flexibility index (Phi) is 20.9. The van der Waals surface area contributed by atoms with Gasteiger partial charge in [0.05, 0.1) is 41.0 Å². The molecule has 1 N–H and O–H groups in total. The summed E-state index contributed by atoms with van der Waals surface area (Å²) in [6.45, 7) is 3.18. The molecule has 0 bridgehead atoms. The van der Waals surface area contributed by atoms with Crippen molar-refractivity contribution in [3.05, 3.63) is 0 Å². The molecule has 1 saturated heterocycles. The Balaban J connectivity index is 2.02. The molecule has 11 heteroatoms. The summed E-state index contributed by atoms with van der Waals surface area (Å²) >= 11 is 1.58. The van der Waals surface area contributed by atoms with Gasteiger partial charge in [0.25, 0.3) is 0 Å². The average molecular weight is 611 g/mol. The SMILES string of the molecule is CCCCCCCCCCCCCCCCCCOC(=O)N1CCSC(COP(=O)(O)OCC([O-])[N+](C)(C)C)C1. The molecule has 1 aliphatic rings. The third-order valence-corrected chi connectivity index (χ3v) is 9.41. The van der Waals surface area contributed by atoms with E-state index in [1.54, 1.807) is 37.8 Å². The summed E-state index contributed by atoms with van der Waals surface area (Å²) in [5.41, 5.74) is 0. The van der Waals surface area contributed by atoms with Gasteiger partial charge in [0, 0.05) is 30.3 Å². The Bertz CT molecular complexity index is 696. The number of thioether (sulfide) groups is 1. The van der Waals surface area contributed by atoms with E-state index in [0.717, 1.165) is 12.8 Å². The zero-order valence-corrected chi connectivity index (χ0v) is 27.6. The van der Waals surface area contributed by atoms with Crippen molar-refractivity contribution in [1.29, 1.82) is 0 Å². The highest BCUT2D eigenvalue weighted by Gasteiger charge is 2.30. The van der Waals surface area contributed by atoms with E-state index >= 15 is 0 Å². The first-order valence-electron chi connectivity index (χ1n) is 15.7.